The number of carbonyl (C=O) groups excluding carboxylic acids is 1. The lowest BCUT2D eigenvalue weighted by molar-refractivity contribution is -0.117. The summed E-state index contributed by atoms with van der Waals surface area (Å²) in [6, 6.07) is 7.79. The standard InChI is InChI=1S/C15H17N5O2S/c1-3-12-17-14(22-19-12)9-20(2)8-13(21)18-15-16-10-6-4-5-7-11(10)23-15/h4-7H,3,8-9H2,1-2H3,(H,16,18,21). The van der Waals surface area contributed by atoms with Gasteiger partial charge in [0.1, 0.15) is 0 Å². The Labute approximate surface area is 137 Å². The van der Waals surface area contributed by atoms with E-state index in [9.17, 15) is 4.79 Å². The number of carbonyl (C=O) groups is 1. The molecule has 2 aromatic heterocycles. The number of para-hydroxylation sites is 1. The molecule has 3 rings (SSSR count). The van der Waals surface area contributed by atoms with Crippen molar-refractivity contribution in [2.24, 2.45) is 0 Å². The topological polar surface area (TPSA) is 84.2 Å². The van der Waals surface area contributed by atoms with Crippen molar-refractivity contribution in [3.05, 3.63) is 36.0 Å². The van der Waals surface area contributed by atoms with Crippen LogP contribution in [0.25, 0.3) is 10.2 Å². The first kappa shape index (κ1) is 15.6. The van der Waals surface area contributed by atoms with Gasteiger partial charge in [-0.05, 0) is 19.2 Å². The normalized spacial score (nSPS) is 11.3. The third-order valence-corrected chi connectivity index (χ3v) is 4.14. The average molecular weight is 331 g/mol. The molecule has 1 amide bonds. The molecule has 0 spiro atoms. The van der Waals surface area contributed by atoms with Crippen molar-refractivity contribution in [3.63, 3.8) is 0 Å². The quantitative estimate of drug-likeness (QED) is 0.746. The molecule has 7 nitrogen and oxygen atoms in total. The van der Waals surface area contributed by atoms with Crippen LogP contribution in [0.15, 0.2) is 28.8 Å². The lowest BCUT2D eigenvalue weighted by Crippen LogP contribution is -2.29. The molecule has 0 radical (unpaired) electrons. The summed E-state index contributed by atoms with van der Waals surface area (Å²) in [7, 11) is 1.83. The summed E-state index contributed by atoms with van der Waals surface area (Å²) in [5, 5.41) is 7.27. The van der Waals surface area contributed by atoms with Crippen LogP contribution < -0.4 is 5.32 Å². The second-order valence-corrected chi connectivity index (χ2v) is 6.20. The summed E-state index contributed by atoms with van der Waals surface area (Å²) in [5.41, 5.74) is 0.888. The zero-order valence-corrected chi connectivity index (χ0v) is 13.8. The Balaban J connectivity index is 1.55. The summed E-state index contributed by atoms with van der Waals surface area (Å²) in [5.74, 6) is 1.06. The zero-order chi connectivity index (χ0) is 16.2. The highest BCUT2D eigenvalue weighted by Gasteiger charge is 2.13. The van der Waals surface area contributed by atoms with E-state index in [4.69, 9.17) is 4.52 Å². The smallest absolute Gasteiger partial charge is 0.240 e. The number of hydrogen-bond donors (Lipinski definition) is 1. The summed E-state index contributed by atoms with van der Waals surface area (Å²) in [6.45, 7) is 2.61. The number of benzene rings is 1. The van der Waals surface area contributed by atoms with E-state index in [-0.39, 0.29) is 12.5 Å². The highest BCUT2D eigenvalue weighted by molar-refractivity contribution is 7.22. The van der Waals surface area contributed by atoms with Crippen LogP contribution in [-0.4, -0.2) is 39.5 Å². The van der Waals surface area contributed by atoms with Gasteiger partial charge in [-0.2, -0.15) is 4.98 Å². The van der Waals surface area contributed by atoms with E-state index >= 15 is 0 Å². The fraction of sp³-hybridized carbons (Fsp3) is 0.333. The molecule has 0 fully saturated rings. The number of rotatable bonds is 6. The second kappa shape index (κ2) is 6.84. The van der Waals surface area contributed by atoms with Crippen molar-refractivity contribution >= 4 is 32.6 Å². The van der Waals surface area contributed by atoms with Crippen LogP contribution in [0.3, 0.4) is 0 Å². The SMILES string of the molecule is CCc1noc(CN(C)CC(=O)Nc2nc3ccccc3s2)n1. The van der Waals surface area contributed by atoms with Crippen molar-refractivity contribution in [1.29, 1.82) is 0 Å². The van der Waals surface area contributed by atoms with Gasteiger partial charge in [0.2, 0.25) is 11.8 Å². The van der Waals surface area contributed by atoms with Crippen LogP contribution in [0.1, 0.15) is 18.6 Å². The summed E-state index contributed by atoms with van der Waals surface area (Å²) in [6.07, 6.45) is 0.727. The first-order valence-electron chi connectivity index (χ1n) is 7.29. The van der Waals surface area contributed by atoms with Gasteiger partial charge in [-0.15, -0.1) is 0 Å². The van der Waals surface area contributed by atoms with E-state index in [1.54, 1.807) is 0 Å². The van der Waals surface area contributed by atoms with Gasteiger partial charge in [0, 0.05) is 6.42 Å². The molecule has 0 saturated carbocycles. The fourth-order valence-electron chi connectivity index (χ4n) is 2.11. The molecule has 0 aliphatic heterocycles. The number of anilines is 1. The van der Waals surface area contributed by atoms with Crippen LogP contribution >= 0.6 is 11.3 Å². The lowest BCUT2D eigenvalue weighted by atomic mass is 10.3. The molecule has 0 unspecified atom stereocenters. The van der Waals surface area contributed by atoms with Gasteiger partial charge in [0.15, 0.2) is 11.0 Å². The second-order valence-electron chi connectivity index (χ2n) is 5.17. The minimum Gasteiger partial charge on any atom is -0.338 e. The van der Waals surface area contributed by atoms with Crippen molar-refractivity contribution in [2.75, 3.05) is 18.9 Å². The maximum Gasteiger partial charge on any atom is 0.240 e. The van der Waals surface area contributed by atoms with Gasteiger partial charge in [0.25, 0.3) is 0 Å². The van der Waals surface area contributed by atoms with Gasteiger partial charge >= 0.3 is 0 Å². The molecule has 120 valence electrons. The molecule has 0 saturated heterocycles. The number of likely N-dealkylation sites (N-methyl/N-ethyl adjacent to an activating group) is 1. The number of nitrogens with zero attached hydrogens (tertiary/aromatic N) is 4. The number of thiazole rings is 1. The third-order valence-electron chi connectivity index (χ3n) is 3.19. The Morgan fingerprint density at radius 3 is 2.91 bits per heavy atom. The van der Waals surface area contributed by atoms with Crippen molar-refractivity contribution in [2.45, 2.75) is 19.9 Å². The van der Waals surface area contributed by atoms with Crippen LogP contribution in [0.5, 0.6) is 0 Å². The van der Waals surface area contributed by atoms with Crippen molar-refractivity contribution in [3.8, 4) is 0 Å². The molecule has 8 heteroatoms. The van der Waals surface area contributed by atoms with E-state index in [1.165, 1.54) is 11.3 Å². The monoisotopic (exact) mass is 331 g/mol. The number of hydrogen-bond acceptors (Lipinski definition) is 7. The van der Waals surface area contributed by atoms with E-state index in [1.807, 2.05) is 43.1 Å². The van der Waals surface area contributed by atoms with Gasteiger partial charge in [0.05, 0.1) is 23.3 Å². The van der Waals surface area contributed by atoms with Crippen LogP contribution in [-0.2, 0) is 17.8 Å². The molecule has 0 aliphatic rings. The largest absolute Gasteiger partial charge is 0.338 e. The number of amides is 1. The first-order chi connectivity index (χ1) is 11.1. The van der Waals surface area contributed by atoms with Gasteiger partial charge < -0.3 is 9.84 Å². The van der Waals surface area contributed by atoms with E-state index in [0.717, 1.165) is 16.6 Å². The molecule has 0 atom stereocenters. The number of fused-ring (bicyclic) bond motifs is 1. The van der Waals surface area contributed by atoms with Gasteiger partial charge in [-0.1, -0.05) is 35.5 Å². The Hall–Kier alpha value is -2.32. The van der Waals surface area contributed by atoms with Crippen molar-refractivity contribution in [1.82, 2.24) is 20.0 Å². The third kappa shape index (κ3) is 3.91. The van der Waals surface area contributed by atoms with Crippen LogP contribution in [0, 0.1) is 0 Å². The predicted octanol–water partition coefficient (Wildman–Crippen LogP) is 2.31. The lowest BCUT2D eigenvalue weighted by Gasteiger charge is -2.12. The Bertz CT molecular complexity index is 780. The van der Waals surface area contributed by atoms with Crippen LogP contribution in [0.2, 0.25) is 0 Å². The van der Waals surface area contributed by atoms with E-state index < -0.39 is 0 Å². The average Bonchev–Trinajstić information content (AvgIpc) is 3.12. The zero-order valence-electron chi connectivity index (χ0n) is 12.9. The fourth-order valence-corrected chi connectivity index (χ4v) is 3.00. The molecule has 1 aromatic carbocycles. The maximum atomic E-state index is 12.1. The Morgan fingerprint density at radius 1 is 1.35 bits per heavy atom. The molecule has 2 heterocycles. The Kier molecular flexibility index (Phi) is 4.63. The molecular formula is C15H17N5O2S. The molecule has 3 aromatic rings. The minimum absolute atomic E-state index is 0.123. The molecule has 23 heavy (non-hydrogen) atoms. The van der Waals surface area contributed by atoms with E-state index in [0.29, 0.717) is 23.4 Å². The van der Waals surface area contributed by atoms with Gasteiger partial charge in [-0.3, -0.25) is 9.69 Å². The minimum atomic E-state index is -0.123. The predicted molar refractivity (Wildman–Crippen MR) is 88.3 cm³/mol. The Morgan fingerprint density at radius 2 is 2.17 bits per heavy atom. The highest BCUT2D eigenvalue weighted by Crippen LogP contribution is 2.25. The first-order valence-corrected chi connectivity index (χ1v) is 8.11. The number of nitrogens with one attached hydrogen (secondary N) is 1. The maximum absolute atomic E-state index is 12.1. The summed E-state index contributed by atoms with van der Waals surface area (Å²) < 4.78 is 6.17. The van der Waals surface area contributed by atoms with E-state index in [2.05, 4.69) is 20.4 Å². The molecule has 0 aliphatic carbocycles. The van der Waals surface area contributed by atoms with Crippen molar-refractivity contribution < 1.29 is 9.32 Å². The van der Waals surface area contributed by atoms with Crippen LogP contribution in [0.4, 0.5) is 5.13 Å². The summed E-state index contributed by atoms with van der Waals surface area (Å²) in [4.78, 5) is 22.5. The summed E-state index contributed by atoms with van der Waals surface area (Å²) >= 11 is 1.46. The molecular weight excluding hydrogens is 314 g/mol. The number of aryl methyl sites for hydroxylation is 1. The molecule has 1 N–H and O–H groups in total. The highest BCUT2D eigenvalue weighted by atomic mass is 32.1. The number of aromatic nitrogens is 3. The molecule has 0 bridgehead atoms. The van der Waals surface area contributed by atoms with Gasteiger partial charge in [-0.25, -0.2) is 4.98 Å².